The minimum absolute atomic E-state index is 0.0243. The van der Waals surface area contributed by atoms with Crippen molar-refractivity contribution in [2.75, 3.05) is 13.2 Å². The van der Waals surface area contributed by atoms with E-state index in [1.807, 2.05) is 6.92 Å². The van der Waals surface area contributed by atoms with Crippen LogP contribution in [-0.4, -0.2) is 52.6 Å². The van der Waals surface area contributed by atoms with Gasteiger partial charge < -0.3 is 20.7 Å². The second-order valence-electron chi connectivity index (χ2n) is 10.3. The Kier molecular flexibility index (Phi) is 5.23. The Hall–Kier alpha value is -1.57. The van der Waals surface area contributed by atoms with E-state index in [0.717, 1.165) is 24.8 Å². The predicted octanol–water partition coefficient (Wildman–Crippen LogP) is 1.29. The second-order valence-corrected chi connectivity index (χ2v) is 10.3. The normalized spacial score (nSPS) is 45.1. The van der Waals surface area contributed by atoms with Crippen LogP contribution in [0.2, 0.25) is 0 Å². The van der Waals surface area contributed by atoms with E-state index in [0.29, 0.717) is 25.7 Å². The van der Waals surface area contributed by atoms with E-state index in [1.54, 1.807) is 6.08 Å². The number of nitrogens with two attached hydrogens (primary N) is 1. The molecule has 4 aliphatic rings. The minimum Gasteiger partial charge on any atom is -0.457 e. The number of hydrogen-bond donors (Lipinski definition) is 3. The van der Waals surface area contributed by atoms with Crippen molar-refractivity contribution in [3.05, 3.63) is 11.6 Å². The summed E-state index contributed by atoms with van der Waals surface area (Å²) in [5, 5.41) is 22.8. The van der Waals surface area contributed by atoms with Crippen LogP contribution in [0.1, 0.15) is 58.8 Å². The molecular formula is C23H33NO6. The van der Waals surface area contributed by atoms with Gasteiger partial charge in [-0.3, -0.25) is 14.4 Å². The molecule has 0 amide bonds. The Balaban J connectivity index is 1.62. The second kappa shape index (κ2) is 7.24. The van der Waals surface area contributed by atoms with Crippen LogP contribution in [0.5, 0.6) is 0 Å². The predicted molar refractivity (Wildman–Crippen MR) is 108 cm³/mol. The molecule has 166 valence electrons. The third kappa shape index (κ3) is 2.93. The number of carbonyl (C=O) groups excluding carboxylic acids is 3. The summed E-state index contributed by atoms with van der Waals surface area (Å²) in [6.07, 6.45) is 5.38. The Morgan fingerprint density at radius 1 is 1.23 bits per heavy atom. The number of allylic oxidation sites excluding steroid dienone is 1. The van der Waals surface area contributed by atoms with Gasteiger partial charge in [-0.2, -0.15) is 0 Å². The van der Waals surface area contributed by atoms with Crippen molar-refractivity contribution in [1.82, 2.24) is 0 Å². The molecule has 3 saturated carbocycles. The lowest BCUT2D eigenvalue weighted by Crippen LogP contribution is -2.62. The molecule has 0 aromatic heterocycles. The van der Waals surface area contributed by atoms with Crippen molar-refractivity contribution in [1.29, 1.82) is 0 Å². The molecule has 30 heavy (non-hydrogen) atoms. The minimum atomic E-state index is -1.63. The summed E-state index contributed by atoms with van der Waals surface area (Å²) >= 11 is 0. The summed E-state index contributed by atoms with van der Waals surface area (Å²) < 4.78 is 4.91. The van der Waals surface area contributed by atoms with Crippen LogP contribution in [0, 0.1) is 28.6 Å². The van der Waals surface area contributed by atoms with E-state index in [2.05, 4.69) is 6.92 Å². The Morgan fingerprint density at radius 3 is 2.67 bits per heavy atom. The van der Waals surface area contributed by atoms with E-state index in [-0.39, 0.29) is 35.5 Å². The fraction of sp³-hybridized carbons (Fsp3) is 0.783. The number of hydrogen-bond acceptors (Lipinski definition) is 7. The molecule has 7 nitrogen and oxygen atoms in total. The molecule has 7 heteroatoms. The summed E-state index contributed by atoms with van der Waals surface area (Å²) in [7, 11) is 0. The van der Waals surface area contributed by atoms with Gasteiger partial charge in [0.15, 0.2) is 12.4 Å². The summed E-state index contributed by atoms with van der Waals surface area (Å²) in [5.41, 5.74) is 3.78. The standard InChI is InChI=1S/C23H33NO6/c1-21-7-5-14(25)9-13(21)3-4-15-16-6-8-23(29,18(27)12-30-19(28)11-24)22(16,2)10-17(26)20(15)21/h9,15-17,20,26,29H,3-8,10-12,24H2,1-2H3/t15-,16-,17-,20+,21-,22-,23-/m0/s1. The fourth-order valence-electron chi connectivity index (χ4n) is 7.47. The number of aliphatic hydroxyl groups is 2. The quantitative estimate of drug-likeness (QED) is 0.586. The van der Waals surface area contributed by atoms with Gasteiger partial charge in [0.1, 0.15) is 5.60 Å². The van der Waals surface area contributed by atoms with Crippen LogP contribution in [-0.2, 0) is 19.1 Å². The first-order chi connectivity index (χ1) is 14.1. The number of carbonyl (C=O) groups is 3. The summed E-state index contributed by atoms with van der Waals surface area (Å²) in [5.74, 6) is -0.712. The summed E-state index contributed by atoms with van der Waals surface area (Å²) in [4.78, 5) is 36.3. The first-order valence-corrected chi connectivity index (χ1v) is 11.1. The molecule has 3 fully saturated rings. The largest absolute Gasteiger partial charge is 0.457 e. The number of Topliss-reactive ketones (excluding diaryl/α,β-unsaturated/α-hetero) is 1. The van der Waals surface area contributed by atoms with Crippen molar-refractivity contribution >= 4 is 17.5 Å². The highest BCUT2D eigenvalue weighted by Gasteiger charge is 2.68. The monoisotopic (exact) mass is 419 g/mol. The van der Waals surface area contributed by atoms with Crippen LogP contribution >= 0.6 is 0 Å². The zero-order valence-corrected chi connectivity index (χ0v) is 17.9. The topological polar surface area (TPSA) is 127 Å². The number of ketones is 2. The highest BCUT2D eigenvalue weighted by molar-refractivity contribution is 5.92. The molecule has 0 radical (unpaired) electrons. The molecule has 4 rings (SSSR count). The lowest BCUT2D eigenvalue weighted by molar-refractivity contribution is -0.184. The maximum absolute atomic E-state index is 12.9. The summed E-state index contributed by atoms with van der Waals surface area (Å²) in [6.45, 7) is 3.27. The molecule has 0 aromatic carbocycles. The van der Waals surface area contributed by atoms with Crippen LogP contribution < -0.4 is 5.73 Å². The first kappa shape index (κ1) is 21.7. The van der Waals surface area contributed by atoms with Gasteiger partial charge in [-0.1, -0.05) is 19.4 Å². The van der Waals surface area contributed by atoms with Crippen molar-refractivity contribution in [2.24, 2.45) is 34.3 Å². The van der Waals surface area contributed by atoms with Crippen molar-refractivity contribution in [3.63, 3.8) is 0 Å². The van der Waals surface area contributed by atoms with Gasteiger partial charge in [-0.15, -0.1) is 0 Å². The number of ether oxygens (including phenoxy) is 1. The third-order valence-electron chi connectivity index (χ3n) is 9.04. The first-order valence-electron chi connectivity index (χ1n) is 11.1. The highest BCUT2D eigenvalue weighted by atomic mass is 16.5. The molecule has 4 N–H and O–H groups in total. The average molecular weight is 420 g/mol. The maximum atomic E-state index is 12.9. The molecule has 0 saturated heterocycles. The van der Waals surface area contributed by atoms with Crippen molar-refractivity contribution < 1.29 is 29.3 Å². The number of aliphatic hydroxyl groups excluding tert-OH is 1. The van der Waals surface area contributed by atoms with Crippen LogP contribution in [0.25, 0.3) is 0 Å². The van der Waals surface area contributed by atoms with E-state index < -0.39 is 35.5 Å². The average Bonchev–Trinajstić information content (AvgIpc) is 2.97. The maximum Gasteiger partial charge on any atom is 0.320 e. The van der Waals surface area contributed by atoms with E-state index >= 15 is 0 Å². The van der Waals surface area contributed by atoms with Crippen LogP contribution in [0.3, 0.4) is 0 Å². The van der Waals surface area contributed by atoms with E-state index in [1.165, 1.54) is 0 Å². The molecule has 0 aromatic rings. The summed E-state index contributed by atoms with van der Waals surface area (Å²) in [6, 6.07) is 0. The Bertz CT molecular complexity index is 808. The van der Waals surface area contributed by atoms with E-state index in [4.69, 9.17) is 10.5 Å². The van der Waals surface area contributed by atoms with Gasteiger partial charge in [0.2, 0.25) is 5.78 Å². The van der Waals surface area contributed by atoms with Gasteiger partial charge in [-0.05, 0) is 67.8 Å². The van der Waals surface area contributed by atoms with Gasteiger partial charge >= 0.3 is 5.97 Å². The molecule has 0 unspecified atom stereocenters. The van der Waals surface area contributed by atoms with Gasteiger partial charge in [0.25, 0.3) is 0 Å². The lowest BCUT2D eigenvalue weighted by Gasteiger charge is -2.60. The molecule has 0 spiro atoms. The van der Waals surface area contributed by atoms with Gasteiger partial charge in [0, 0.05) is 11.8 Å². The van der Waals surface area contributed by atoms with Crippen molar-refractivity contribution in [2.45, 2.75) is 70.5 Å². The third-order valence-corrected chi connectivity index (χ3v) is 9.04. The molecule has 0 aliphatic heterocycles. The Morgan fingerprint density at radius 2 is 1.97 bits per heavy atom. The molecular weight excluding hydrogens is 386 g/mol. The zero-order valence-electron chi connectivity index (χ0n) is 17.9. The Labute approximate surface area is 177 Å². The number of fused-ring (bicyclic) bond motifs is 5. The van der Waals surface area contributed by atoms with Crippen LogP contribution in [0.4, 0.5) is 0 Å². The fourth-order valence-corrected chi connectivity index (χ4v) is 7.47. The van der Waals surface area contributed by atoms with Gasteiger partial charge in [-0.25, -0.2) is 0 Å². The molecule has 4 aliphatic carbocycles. The van der Waals surface area contributed by atoms with Crippen LogP contribution in [0.15, 0.2) is 11.6 Å². The number of esters is 1. The smallest absolute Gasteiger partial charge is 0.320 e. The molecule has 7 atom stereocenters. The zero-order chi connectivity index (χ0) is 21.9. The SMILES string of the molecule is C[C@]12CCC(=O)C=C1CC[C@@H]1[C@@H]2[C@@H](O)C[C@@]2(C)[C@H]1CC[C@]2(O)C(=O)COC(=O)CN. The van der Waals surface area contributed by atoms with Crippen molar-refractivity contribution in [3.8, 4) is 0 Å². The highest BCUT2D eigenvalue weighted by Crippen LogP contribution is 2.67. The van der Waals surface area contributed by atoms with E-state index in [9.17, 15) is 24.6 Å². The lowest BCUT2D eigenvalue weighted by atomic mass is 9.45. The van der Waals surface area contributed by atoms with Gasteiger partial charge in [0.05, 0.1) is 12.6 Å². The molecule has 0 bridgehead atoms. The molecule has 0 heterocycles. The number of rotatable bonds is 4.